The number of aryl methyl sites for hydroxylation is 2. The summed E-state index contributed by atoms with van der Waals surface area (Å²) in [7, 11) is 0. The summed E-state index contributed by atoms with van der Waals surface area (Å²) in [6.45, 7) is 1.88. The highest BCUT2D eigenvalue weighted by atomic mass is 32.1. The van der Waals surface area contributed by atoms with Crippen molar-refractivity contribution < 1.29 is 4.42 Å². The molecule has 3 nitrogen and oxygen atoms in total. The van der Waals surface area contributed by atoms with E-state index < -0.39 is 0 Å². The fraction of sp³-hybridized carbons (Fsp3) is 0.417. The molecule has 1 atom stereocenters. The van der Waals surface area contributed by atoms with E-state index in [1.54, 1.807) is 6.20 Å². The van der Waals surface area contributed by atoms with Gasteiger partial charge in [-0.2, -0.15) is 0 Å². The van der Waals surface area contributed by atoms with Crippen LogP contribution in [0.5, 0.6) is 0 Å². The molecule has 0 saturated carbocycles. The molecule has 1 aliphatic carbocycles. The van der Waals surface area contributed by atoms with Gasteiger partial charge in [-0.05, 0) is 37.8 Å². The highest BCUT2D eigenvalue weighted by Crippen LogP contribution is 2.36. The van der Waals surface area contributed by atoms with Crippen molar-refractivity contribution in [2.45, 2.75) is 32.2 Å². The van der Waals surface area contributed by atoms with E-state index >= 15 is 0 Å². The Morgan fingerprint density at radius 2 is 2.38 bits per heavy atom. The summed E-state index contributed by atoms with van der Waals surface area (Å²) in [6.07, 6.45) is 5.50. The third kappa shape index (κ3) is 1.58. The molecule has 0 aliphatic heterocycles. The first kappa shape index (κ1) is 10.1. The minimum atomic E-state index is -0.138. The number of nitrogens with two attached hydrogens (primary N) is 1. The van der Waals surface area contributed by atoms with Gasteiger partial charge in [-0.1, -0.05) is 0 Å². The molecule has 16 heavy (non-hydrogen) atoms. The zero-order valence-electron chi connectivity index (χ0n) is 9.19. The van der Waals surface area contributed by atoms with E-state index in [1.165, 1.54) is 34.6 Å². The van der Waals surface area contributed by atoms with Gasteiger partial charge in [0.2, 0.25) is 5.89 Å². The van der Waals surface area contributed by atoms with Crippen LogP contribution in [0, 0.1) is 0 Å². The molecule has 1 aliphatic rings. The number of aromatic nitrogens is 1. The topological polar surface area (TPSA) is 52.0 Å². The van der Waals surface area contributed by atoms with Gasteiger partial charge in [0.05, 0.1) is 17.1 Å². The first-order chi connectivity index (χ1) is 7.74. The quantitative estimate of drug-likeness (QED) is 0.869. The zero-order valence-corrected chi connectivity index (χ0v) is 10.0. The van der Waals surface area contributed by atoms with Gasteiger partial charge in [0.25, 0.3) is 0 Å². The predicted octanol–water partition coefficient (Wildman–Crippen LogP) is 2.91. The summed E-state index contributed by atoms with van der Waals surface area (Å²) < 4.78 is 5.64. The van der Waals surface area contributed by atoms with Crippen LogP contribution in [0.3, 0.4) is 0 Å². The maximum absolute atomic E-state index is 5.72. The van der Waals surface area contributed by atoms with Crippen molar-refractivity contribution in [1.29, 1.82) is 0 Å². The van der Waals surface area contributed by atoms with E-state index in [0.717, 1.165) is 5.76 Å². The Balaban J connectivity index is 1.95. The normalized spacial score (nSPS) is 16.4. The van der Waals surface area contributed by atoms with Crippen LogP contribution in [0.4, 0.5) is 0 Å². The summed E-state index contributed by atoms with van der Waals surface area (Å²) in [6, 6.07) is 2.10. The molecule has 84 valence electrons. The van der Waals surface area contributed by atoms with Crippen LogP contribution in [0.15, 0.2) is 16.7 Å². The van der Waals surface area contributed by atoms with Crippen molar-refractivity contribution >= 4 is 11.3 Å². The van der Waals surface area contributed by atoms with Crippen LogP contribution in [0.2, 0.25) is 0 Å². The van der Waals surface area contributed by atoms with Crippen LogP contribution in [-0.4, -0.2) is 4.98 Å². The molecule has 0 fully saturated rings. The molecule has 2 heterocycles. The molecule has 0 radical (unpaired) electrons. The lowest BCUT2D eigenvalue weighted by atomic mass is 10.2. The molecule has 2 N–H and O–H groups in total. The number of nitrogens with zero attached hydrogens (tertiary/aromatic N) is 1. The van der Waals surface area contributed by atoms with Gasteiger partial charge < -0.3 is 10.2 Å². The second-order valence-corrected chi connectivity index (χ2v) is 5.40. The third-order valence-electron chi connectivity index (χ3n) is 2.90. The van der Waals surface area contributed by atoms with E-state index in [9.17, 15) is 0 Å². The Morgan fingerprint density at radius 1 is 1.50 bits per heavy atom. The molecular weight excluding hydrogens is 220 g/mol. The van der Waals surface area contributed by atoms with Gasteiger partial charge >= 0.3 is 0 Å². The summed E-state index contributed by atoms with van der Waals surface area (Å²) in [5.41, 5.74) is 7.21. The highest BCUT2D eigenvalue weighted by Gasteiger charge is 2.18. The van der Waals surface area contributed by atoms with Crippen molar-refractivity contribution in [2.75, 3.05) is 0 Å². The number of hydrogen-bond donors (Lipinski definition) is 1. The van der Waals surface area contributed by atoms with Gasteiger partial charge in [-0.3, -0.25) is 0 Å². The van der Waals surface area contributed by atoms with E-state index in [0.29, 0.717) is 5.89 Å². The molecule has 0 saturated heterocycles. The fourth-order valence-electron chi connectivity index (χ4n) is 2.06. The van der Waals surface area contributed by atoms with E-state index in [2.05, 4.69) is 11.1 Å². The first-order valence-electron chi connectivity index (χ1n) is 5.57. The Hall–Kier alpha value is -1.13. The van der Waals surface area contributed by atoms with Crippen molar-refractivity contribution in [2.24, 2.45) is 5.73 Å². The second-order valence-electron chi connectivity index (χ2n) is 4.26. The minimum absolute atomic E-state index is 0.138. The van der Waals surface area contributed by atoms with Crippen molar-refractivity contribution in [1.82, 2.24) is 4.98 Å². The lowest BCUT2D eigenvalue weighted by molar-refractivity contribution is 0.474. The maximum Gasteiger partial charge on any atom is 0.211 e. The largest absolute Gasteiger partial charge is 0.438 e. The number of rotatable bonds is 2. The summed E-state index contributed by atoms with van der Waals surface area (Å²) in [5, 5.41) is 0. The van der Waals surface area contributed by atoms with E-state index in [1.807, 2.05) is 18.3 Å². The maximum atomic E-state index is 5.72. The summed E-state index contributed by atoms with van der Waals surface area (Å²) >= 11 is 1.83. The third-order valence-corrected chi connectivity index (χ3v) is 4.15. The molecule has 4 heteroatoms. The smallest absolute Gasteiger partial charge is 0.211 e. The number of oxazole rings is 1. The Labute approximate surface area is 98.3 Å². The standard InChI is InChI=1S/C12H14N2OS/c1-7(13)12-14-6-9(15-12)11-5-8-3-2-4-10(8)16-11/h5-7H,2-4,13H2,1H3. The molecule has 0 spiro atoms. The molecule has 1 unspecified atom stereocenters. The van der Waals surface area contributed by atoms with Crippen LogP contribution in [0.25, 0.3) is 10.6 Å². The molecule has 0 aromatic carbocycles. The van der Waals surface area contributed by atoms with E-state index in [4.69, 9.17) is 10.2 Å². The lowest BCUT2D eigenvalue weighted by Crippen LogP contribution is -2.04. The summed E-state index contributed by atoms with van der Waals surface area (Å²) in [5.74, 6) is 1.47. The first-order valence-corrected chi connectivity index (χ1v) is 6.39. The molecule has 3 rings (SSSR count). The van der Waals surface area contributed by atoms with Gasteiger partial charge in [0.1, 0.15) is 0 Å². The molecule has 0 amide bonds. The molecular formula is C12H14N2OS. The summed E-state index contributed by atoms with van der Waals surface area (Å²) in [4.78, 5) is 6.88. The van der Waals surface area contributed by atoms with Gasteiger partial charge in [-0.15, -0.1) is 11.3 Å². The monoisotopic (exact) mass is 234 g/mol. The van der Waals surface area contributed by atoms with Gasteiger partial charge in [0, 0.05) is 4.88 Å². The average Bonchev–Trinajstić information content (AvgIpc) is 2.91. The van der Waals surface area contributed by atoms with E-state index in [-0.39, 0.29) is 6.04 Å². The molecule has 2 aromatic rings. The zero-order chi connectivity index (χ0) is 11.1. The Kier molecular flexibility index (Phi) is 2.33. The molecule has 0 bridgehead atoms. The highest BCUT2D eigenvalue weighted by molar-refractivity contribution is 7.15. The van der Waals surface area contributed by atoms with Crippen LogP contribution >= 0.6 is 11.3 Å². The second kappa shape index (κ2) is 3.71. The molecule has 2 aromatic heterocycles. The average molecular weight is 234 g/mol. The van der Waals surface area contributed by atoms with Crippen LogP contribution in [0.1, 0.15) is 35.7 Å². The predicted molar refractivity (Wildman–Crippen MR) is 64.4 cm³/mol. The van der Waals surface area contributed by atoms with Gasteiger partial charge in [0.15, 0.2) is 5.76 Å². The Bertz CT molecular complexity index is 491. The lowest BCUT2D eigenvalue weighted by Gasteiger charge is -1.96. The van der Waals surface area contributed by atoms with Crippen molar-refractivity contribution in [3.05, 3.63) is 28.6 Å². The van der Waals surface area contributed by atoms with Crippen LogP contribution in [-0.2, 0) is 12.8 Å². The number of thiophene rings is 1. The van der Waals surface area contributed by atoms with Crippen molar-refractivity contribution in [3.8, 4) is 10.6 Å². The SMILES string of the molecule is CC(N)c1ncc(-c2cc3c(s2)CCC3)o1. The fourth-order valence-corrected chi connectivity index (χ4v) is 3.26. The number of hydrogen-bond acceptors (Lipinski definition) is 4. The van der Waals surface area contributed by atoms with Crippen molar-refractivity contribution in [3.63, 3.8) is 0 Å². The van der Waals surface area contributed by atoms with Gasteiger partial charge in [-0.25, -0.2) is 4.98 Å². The van der Waals surface area contributed by atoms with Crippen LogP contribution < -0.4 is 5.73 Å². The minimum Gasteiger partial charge on any atom is -0.438 e. The number of fused-ring (bicyclic) bond motifs is 1. The Morgan fingerprint density at radius 3 is 3.06 bits per heavy atom.